The molecular weight excluding hydrogens is 258 g/mol. The third kappa shape index (κ3) is 3.44. The smallest absolute Gasteiger partial charge is 0.321 e. The number of carbonyl (C=O) groups excluding carboxylic acids is 1. The Morgan fingerprint density at radius 1 is 1.32 bits per heavy atom. The number of rotatable bonds is 2. The zero-order valence-electron chi connectivity index (χ0n) is 11.1. The van der Waals surface area contributed by atoms with Crippen LogP contribution in [0.3, 0.4) is 0 Å². The monoisotopic (exact) mass is 277 g/mol. The lowest BCUT2D eigenvalue weighted by atomic mass is 10.1. The van der Waals surface area contributed by atoms with Crippen LogP contribution >= 0.6 is 12.2 Å². The summed E-state index contributed by atoms with van der Waals surface area (Å²) in [5.74, 6) is 0. The van der Waals surface area contributed by atoms with Gasteiger partial charge < -0.3 is 16.0 Å². The third-order valence-electron chi connectivity index (χ3n) is 3.41. The molecule has 1 aromatic rings. The number of amides is 2. The minimum atomic E-state index is -0.0390. The molecule has 1 fully saturated rings. The molecule has 2 rings (SSSR count). The molecule has 3 N–H and O–H groups in total. The second-order valence-electron chi connectivity index (χ2n) is 4.87. The van der Waals surface area contributed by atoms with Crippen molar-refractivity contribution in [3.8, 4) is 0 Å². The fraction of sp³-hybridized carbons (Fsp3) is 0.429. The van der Waals surface area contributed by atoms with Crippen molar-refractivity contribution in [2.75, 3.05) is 18.4 Å². The number of likely N-dealkylation sites (tertiary alicyclic amines) is 1. The largest absolute Gasteiger partial charge is 0.389 e. The molecule has 4 nitrogen and oxygen atoms in total. The Morgan fingerprint density at radius 3 is 2.63 bits per heavy atom. The third-order valence-corrected chi connectivity index (χ3v) is 3.64. The summed E-state index contributed by atoms with van der Waals surface area (Å²) < 4.78 is 0. The molecule has 1 heterocycles. The molecule has 102 valence electrons. The highest BCUT2D eigenvalue weighted by atomic mass is 32.1. The molecule has 1 aromatic carbocycles. The van der Waals surface area contributed by atoms with Gasteiger partial charge in [-0.3, -0.25) is 0 Å². The normalized spacial score (nSPS) is 15.1. The summed E-state index contributed by atoms with van der Waals surface area (Å²) in [6.07, 6.45) is 3.37. The summed E-state index contributed by atoms with van der Waals surface area (Å²) in [5, 5.41) is 2.95. The molecule has 0 aliphatic carbocycles. The second-order valence-corrected chi connectivity index (χ2v) is 5.31. The number of aryl methyl sites for hydroxylation is 1. The van der Waals surface area contributed by atoms with Gasteiger partial charge in [-0.25, -0.2) is 4.79 Å². The van der Waals surface area contributed by atoms with Crippen LogP contribution in [0.5, 0.6) is 0 Å². The minimum Gasteiger partial charge on any atom is -0.389 e. The van der Waals surface area contributed by atoms with E-state index in [1.165, 1.54) is 6.42 Å². The number of piperidine rings is 1. The summed E-state index contributed by atoms with van der Waals surface area (Å²) in [5.41, 5.74) is 8.17. The van der Waals surface area contributed by atoms with Crippen molar-refractivity contribution in [3.05, 3.63) is 29.3 Å². The highest BCUT2D eigenvalue weighted by Crippen LogP contribution is 2.18. The van der Waals surface area contributed by atoms with Gasteiger partial charge in [-0.05, 0) is 37.8 Å². The van der Waals surface area contributed by atoms with E-state index in [2.05, 4.69) is 5.32 Å². The molecule has 5 heteroatoms. The molecule has 0 saturated carbocycles. The summed E-state index contributed by atoms with van der Waals surface area (Å²) >= 11 is 4.96. The van der Waals surface area contributed by atoms with Crippen molar-refractivity contribution in [2.24, 2.45) is 5.73 Å². The van der Waals surface area contributed by atoms with E-state index in [1.54, 1.807) is 0 Å². The second kappa shape index (κ2) is 6.02. The molecule has 0 aromatic heterocycles. The van der Waals surface area contributed by atoms with Crippen LogP contribution in [-0.4, -0.2) is 29.0 Å². The number of anilines is 1. The van der Waals surface area contributed by atoms with Gasteiger partial charge in [-0.1, -0.05) is 24.4 Å². The van der Waals surface area contributed by atoms with Gasteiger partial charge in [0.2, 0.25) is 0 Å². The maximum absolute atomic E-state index is 12.2. The van der Waals surface area contributed by atoms with Crippen LogP contribution in [0.25, 0.3) is 0 Å². The van der Waals surface area contributed by atoms with Crippen molar-refractivity contribution in [2.45, 2.75) is 26.2 Å². The van der Waals surface area contributed by atoms with Crippen molar-refractivity contribution in [1.29, 1.82) is 0 Å². The van der Waals surface area contributed by atoms with Gasteiger partial charge in [0.1, 0.15) is 4.99 Å². The average Bonchev–Trinajstić information content (AvgIpc) is 2.42. The lowest BCUT2D eigenvalue weighted by Crippen LogP contribution is -2.38. The van der Waals surface area contributed by atoms with Gasteiger partial charge in [0, 0.05) is 24.3 Å². The topological polar surface area (TPSA) is 58.4 Å². The molecule has 2 amide bonds. The minimum absolute atomic E-state index is 0.0390. The fourth-order valence-electron chi connectivity index (χ4n) is 2.20. The van der Waals surface area contributed by atoms with Crippen LogP contribution in [0, 0.1) is 6.92 Å². The van der Waals surface area contributed by atoms with E-state index in [1.807, 2.05) is 30.0 Å². The predicted molar refractivity (Wildman–Crippen MR) is 81.5 cm³/mol. The van der Waals surface area contributed by atoms with E-state index in [9.17, 15) is 4.79 Å². The number of carbonyl (C=O) groups is 1. The number of nitrogens with two attached hydrogens (primary N) is 1. The average molecular weight is 277 g/mol. The van der Waals surface area contributed by atoms with Gasteiger partial charge in [0.05, 0.1) is 0 Å². The lowest BCUT2D eigenvalue weighted by Gasteiger charge is -2.27. The Labute approximate surface area is 119 Å². The molecule has 0 bridgehead atoms. The van der Waals surface area contributed by atoms with Crippen LogP contribution in [0.2, 0.25) is 0 Å². The Hall–Kier alpha value is -1.62. The zero-order chi connectivity index (χ0) is 13.8. The number of hydrogen-bond donors (Lipinski definition) is 2. The van der Waals surface area contributed by atoms with E-state index < -0.39 is 0 Å². The maximum Gasteiger partial charge on any atom is 0.321 e. The van der Waals surface area contributed by atoms with Crippen molar-refractivity contribution in [3.63, 3.8) is 0 Å². The Morgan fingerprint density at radius 2 is 2.00 bits per heavy atom. The van der Waals surface area contributed by atoms with Crippen molar-refractivity contribution in [1.82, 2.24) is 4.90 Å². The summed E-state index contributed by atoms with van der Waals surface area (Å²) in [7, 11) is 0. The Bertz CT molecular complexity index is 495. The molecule has 19 heavy (non-hydrogen) atoms. The highest BCUT2D eigenvalue weighted by molar-refractivity contribution is 7.80. The van der Waals surface area contributed by atoms with Crippen LogP contribution < -0.4 is 11.1 Å². The molecular formula is C14H19N3OS. The zero-order valence-corrected chi connectivity index (χ0v) is 11.9. The SMILES string of the molecule is Cc1ccc(C(N)=S)cc1NC(=O)N1CCCCC1. The number of urea groups is 1. The maximum atomic E-state index is 12.2. The molecule has 1 aliphatic heterocycles. The Kier molecular flexibility index (Phi) is 4.37. The summed E-state index contributed by atoms with van der Waals surface area (Å²) in [6.45, 7) is 3.62. The van der Waals surface area contributed by atoms with Crippen LogP contribution in [0.1, 0.15) is 30.4 Å². The highest BCUT2D eigenvalue weighted by Gasteiger charge is 2.17. The summed E-state index contributed by atoms with van der Waals surface area (Å²) in [6, 6.07) is 5.58. The van der Waals surface area contributed by atoms with Gasteiger partial charge in [0.15, 0.2) is 0 Å². The predicted octanol–water partition coefficient (Wildman–Crippen LogP) is 2.65. The first-order chi connectivity index (χ1) is 9.08. The van der Waals surface area contributed by atoms with Crippen LogP contribution in [0.15, 0.2) is 18.2 Å². The molecule has 1 saturated heterocycles. The first-order valence-corrected chi connectivity index (χ1v) is 6.95. The standard InChI is InChI=1S/C14H19N3OS/c1-10-5-6-11(13(15)19)9-12(10)16-14(18)17-7-3-2-4-8-17/h5-6,9H,2-4,7-8H2,1H3,(H2,15,19)(H,16,18). The van der Waals surface area contributed by atoms with Gasteiger partial charge in [-0.2, -0.15) is 0 Å². The molecule has 1 aliphatic rings. The summed E-state index contributed by atoms with van der Waals surface area (Å²) in [4.78, 5) is 14.4. The number of nitrogens with zero attached hydrogens (tertiary/aromatic N) is 1. The van der Waals surface area contributed by atoms with E-state index >= 15 is 0 Å². The van der Waals surface area contributed by atoms with E-state index in [-0.39, 0.29) is 6.03 Å². The first kappa shape index (κ1) is 13.8. The molecule has 0 radical (unpaired) electrons. The molecule has 0 unspecified atom stereocenters. The molecule has 0 spiro atoms. The van der Waals surface area contributed by atoms with E-state index in [0.29, 0.717) is 4.99 Å². The Balaban J connectivity index is 2.11. The van der Waals surface area contributed by atoms with Crippen LogP contribution in [0.4, 0.5) is 10.5 Å². The van der Waals surface area contributed by atoms with Gasteiger partial charge in [0.25, 0.3) is 0 Å². The number of nitrogens with one attached hydrogen (secondary N) is 1. The number of benzene rings is 1. The van der Waals surface area contributed by atoms with Crippen LogP contribution in [-0.2, 0) is 0 Å². The van der Waals surface area contributed by atoms with Gasteiger partial charge >= 0.3 is 6.03 Å². The van der Waals surface area contributed by atoms with Crippen molar-refractivity contribution >= 4 is 28.9 Å². The van der Waals surface area contributed by atoms with E-state index in [0.717, 1.165) is 42.7 Å². The number of thiocarbonyl (C=S) groups is 1. The van der Waals surface area contributed by atoms with Gasteiger partial charge in [-0.15, -0.1) is 0 Å². The van der Waals surface area contributed by atoms with E-state index in [4.69, 9.17) is 18.0 Å². The quantitative estimate of drug-likeness (QED) is 0.817. The molecule has 0 atom stereocenters. The van der Waals surface area contributed by atoms with Crippen molar-refractivity contribution < 1.29 is 4.79 Å². The first-order valence-electron chi connectivity index (χ1n) is 6.54. The fourth-order valence-corrected chi connectivity index (χ4v) is 2.33. The lowest BCUT2D eigenvalue weighted by molar-refractivity contribution is 0.200. The number of hydrogen-bond acceptors (Lipinski definition) is 2.